The zero-order valence-electron chi connectivity index (χ0n) is 11.5. The summed E-state index contributed by atoms with van der Waals surface area (Å²) in [6.45, 7) is 2.17. The minimum Gasteiger partial charge on any atom is -0.384 e. The van der Waals surface area contributed by atoms with Crippen LogP contribution in [0.1, 0.15) is 12.5 Å². The smallest absolute Gasteiger partial charge is 0.246 e. The van der Waals surface area contributed by atoms with Crippen LogP contribution in [0.4, 0.5) is 4.39 Å². The van der Waals surface area contributed by atoms with E-state index >= 15 is 0 Å². The fraction of sp³-hybridized carbons (Fsp3) is 0.429. The number of aliphatic hydroxyl groups excluding tert-OH is 1. The van der Waals surface area contributed by atoms with Crippen LogP contribution in [0.5, 0.6) is 0 Å². The van der Waals surface area contributed by atoms with E-state index < -0.39 is 15.8 Å². The van der Waals surface area contributed by atoms with E-state index in [2.05, 4.69) is 11.8 Å². The summed E-state index contributed by atoms with van der Waals surface area (Å²) in [7, 11) is -3.90. The van der Waals surface area contributed by atoms with Gasteiger partial charge in [-0.15, -0.1) is 0 Å². The molecule has 1 aliphatic rings. The second-order valence-electron chi connectivity index (χ2n) is 4.64. The van der Waals surface area contributed by atoms with Crippen LogP contribution >= 0.6 is 0 Å². The molecule has 1 heterocycles. The summed E-state index contributed by atoms with van der Waals surface area (Å²) in [4.78, 5) is -0.370. The average Bonchev–Trinajstić information content (AvgIpc) is 2.45. The summed E-state index contributed by atoms with van der Waals surface area (Å²) in [5, 5.41) is 8.60. The van der Waals surface area contributed by atoms with Crippen molar-refractivity contribution in [1.29, 1.82) is 0 Å². The minimum atomic E-state index is -3.90. The number of hydrogen-bond acceptors (Lipinski definition) is 4. The number of hydrogen-bond donors (Lipinski definition) is 1. The lowest BCUT2D eigenvalue weighted by atomic mass is 10.2. The molecule has 0 spiro atoms. The van der Waals surface area contributed by atoms with Gasteiger partial charge in [0.15, 0.2) is 0 Å². The molecule has 1 aliphatic heterocycles. The van der Waals surface area contributed by atoms with Crippen LogP contribution < -0.4 is 0 Å². The van der Waals surface area contributed by atoms with Gasteiger partial charge >= 0.3 is 0 Å². The zero-order valence-corrected chi connectivity index (χ0v) is 12.4. The van der Waals surface area contributed by atoms with Crippen molar-refractivity contribution in [2.24, 2.45) is 0 Å². The molecule has 1 aromatic carbocycles. The van der Waals surface area contributed by atoms with E-state index in [0.29, 0.717) is 18.8 Å². The Hall–Kier alpha value is -1.46. The van der Waals surface area contributed by atoms with Crippen molar-refractivity contribution >= 4 is 10.0 Å². The lowest BCUT2D eigenvalue weighted by Gasteiger charge is -2.32. The molecule has 0 radical (unpaired) electrons. The number of ether oxygens (including phenoxy) is 1. The maximum absolute atomic E-state index is 14.1. The third-order valence-corrected chi connectivity index (χ3v) is 5.18. The summed E-state index contributed by atoms with van der Waals surface area (Å²) in [5.74, 6) is 4.07. The van der Waals surface area contributed by atoms with Gasteiger partial charge in [0.25, 0.3) is 0 Å². The summed E-state index contributed by atoms with van der Waals surface area (Å²) in [6, 6.07) is 3.34. The topological polar surface area (TPSA) is 66.8 Å². The van der Waals surface area contributed by atoms with Crippen LogP contribution in [0.25, 0.3) is 0 Å². The first kappa shape index (κ1) is 15.9. The van der Waals surface area contributed by atoms with Crippen LogP contribution in [0, 0.1) is 17.7 Å². The predicted molar refractivity (Wildman–Crippen MR) is 74.5 cm³/mol. The normalized spacial score (nSPS) is 19.9. The maximum Gasteiger partial charge on any atom is 0.246 e. The molecule has 0 aliphatic carbocycles. The van der Waals surface area contributed by atoms with Crippen molar-refractivity contribution in [2.75, 3.05) is 26.4 Å². The predicted octanol–water partition coefficient (Wildman–Crippen LogP) is 0.579. The molecule has 1 atom stereocenters. The Morgan fingerprint density at radius 3 is 2.90 bits per heavy atom. The van der Waals surface area contributed by atoms with Gasteiger partial charge in [0.2, 0.25) is 10.0 Å². The molecule has 1 fully saturated rings. The van der Waals surface area contributed by atoms with Gasteiger partial charge in [-0.2, -0.15) is 4.31 Å². The van der Waals surface area contributed by atoms with Crippen molar-refractivity contribution in [2.45, 2.75) is 17.9 Å². The molecule has 7 heteroatoms. The Morgan fingerprint density at radius 1 is 1.52 bits per heavy atom. The number of rotatable bonds is 2. The third-order valence-electron chi connectivity index (χ3n) is 3.14. The van der Waals surface area contributed by atoms with Crippen molar-refractivity contribution < 1.29 is 22.7 Å². The molecule has 1 N–H and O–H groups in total. The summed E-state index contributed by atoms with van der Waals surface area (Å²) < 4.78 is 45.5. The number of halogens is 1. The van der Waals surface area contributed by atoms with Crippen molar-refractivity contribution in [3.8, 4) is 11.8 Å². The fourth-order valence-corrected chi connectivity index (χ4v) is 3.77. The number of aliphatic hydroxyl groups is 1. The van der Waals surface area contributed by atoms with Gasteiger partial charge < -0.3 is 9.84 Å². The van der Waals surface area contributed by atoms with Crippen LogP contribution in [0.2, 0.25) is 0 Å². The maximum atomic E-state index is 14.1. The number of benzene rings is 1. The van der Waals surface area contributed by atoms with Crippen molar-refractivity contribution in [3.05, 3.63) is 29.6 Å². The standard InChI is InChI=1S/C14H16FNO4S/c1-11-10-20-8-6-16(11)21(18,19)14-5-4-12(3-2-7-17)9-13(14)15/h4-5,9,11,17H,6-8,10H2,1H3. The second kappa shape index (κ2) is 6.54. The van der Waals surface area contributed by atoms with Gasteiger partial charge in [-0.3, -0.25) is 0 Å². The first-order chi connectivity index (χ1) is 9.96. The number of sulfonamides is 1. The number of morpholine rings is 1. The Labute approximate surface area is 123 Å². The van der Waals surface area contributed by atoms with Gasteiger partial charge in [0, 0.05) is 18.2 Å². The van der Waals surface area contributed by atoms with Gasteiger partial charge in [-0.05, 0) is 25.1 Å². The Kier molecular flexibility index (Phi) is 4.96. The molecule has 1 saturated heterocycles. The van der Waals surface area contributed by atoms with Gasteiger partial charge in [-0.25, -0.2) is 12.8 Å². The van der Waals surface area contributed by atoms with E-state index in [1.54, 1.807) is 6.92 Å². The van der Waals surface area contributed by atoms with Crippen molar-refractivity contribution in [1.82, 2.24) is 4.31 Å². The Balaban J connectivity index is 2.36. The number of nitrogens with zero attached hydrogens (tertiary/aromatic N) is 1. The Morgan fingerprint density at radius 2 is 2.29 bits per heavy atom. The molecule has 0 amide bonds. The molecule has 21 heavy (non-hydrogen) atoms. The van der Waals surface area contributed by atoms with Gasteiger partial charge in [0.05, 0.1) is 13.2 Å². The van der Waals surface area contributed by atoms with Gasteiger partial charge in [0.1, 0.15) is 17.3 Å². The molecule has 5 nitrogen and oxygen atoms in total. The molecular weight excluding hydrogens is 297 g/mol. The molecule has 2 rings (SSSR count). The lowest BCUT2D eigenvalue weighted by molar-refractivity contribution is 0.0392. The molecular formula is C14H16FNO4S. The van der Waals surface area contributed by atoms with E-state index in [0.717, 1.165) is 6.07 Å². The first-order valence-corrected chi connectivity index (χ1v) is 7.89. The van der Waals surface area contributed by atoms with E-state index in [-0.39, 0.29) is 24.1 Å². The van der Waals surface area contributed by atoms with E-state index in [1.807, 2.05) is 0 Å². The first-order valence-electron chi connectivity index (χ1n) is 6.45. The molecule has 0 saturated carbocycles. The highest BCUT2D eigenvalue weighted by Gasteiger charge is 2.33. The average molecular weight is 313 g/mol. The fourth-order valence-electron chi connectivity index (χ4n) is 2.12. The molecule has 114 valence electrons. The highest BCUT2D eigenvalue weighted by atomic mass is 32.2. The van der Waals surface area contributed by atoms with E-state index in [9.17, 15) is 12.8 Å². The van der Waals surface area contributed by atoms with Crippen molar-refractivity contribution in [3.63, 3.8) is 0 Å². The molecule has 0 bridgehead atoms. The van der Waals surface area contributed by atoms with Crippen LogP contribution in [0.3, 0.4) is 0 Å². The monoisotopic (exact) mass is 313 g/mol. The highest BCUT2D eigenvalue weighted by Crippen LogP contribution is 2.23. The highest BCUT2D eigenvalue weighted by molar-refractivity contribution is 7.89. The van der Waals surface area contributed by atoms with Crippen LogP contribution in [-0.4, -0.2) is 50.2 Å². The quantitative estimate of drug-likeness (QED) is 0.811. The summed E-state index contributed by atoms with van der Waals surface area (Å²) >= 11 is 0. The summed E-state index contributed by atoms with van der Waals surface area (Å²) in [5.41, 5.74) is 0.315. The lowest BCUT2D eigenvalue weighted by Crippen LogP contribution is -2.47. The SMILES string of the molecule is CC1COCCN1S(=O)(=O)c1ccc(C#CCO)cc1F. The minimum absolute atomic E-state index is 0.203. The molecule has 0 aromatic heterocycles. The molecule has 1 unspecified atom stereocenters. The third kappa shape index (κ3) is 3.41. The summed E-state index contributed by atoms with van der Waals surface area (Å²) in [6.07, 6.45) is 0. The van der Waals surface area contributed by atoms with E-state index in [1.165, 1.54) is 16.4 Å². The van der Waals surface area contributed by atoms with Crippen LogP contribution in [-0.2, 0) is 14.8 Å². The largest absolute Gasteiger partial charge is 0.384 e. The van der Waals surface area contributed by atoms with E-state index in [4.69, 9.17) is 9.84 Å². The zero-order chi connectivity index (χ0) is 15.5. The second-order valence-corrected chi connectivity index (χ2v) is 6.50. The van der Waals surface area contributed by atoms with Crippen LogP contribution in [0.15, 0.2) is 23.1 Å². The molecule has 1 aromatic rings. The van der Waals surface area contributed by atoms with Gasteiger partial charge in [-0.1, -0.05) is 11.8 Å². The Bertz CT molecular complexity index is 678.